The molecular weight excluding hydrogens is 776 g/mol. The van der Waals surface area contributed by atoms with Crippen LogP contribution in [0.1, 0.15) is 85.0 Å². The third kappa shape index (κ3) is 7.55. The Labute approximate surface area is 344 Å². The van der Waals surface area contributed by atoms with Crippen molar-refractivity contribution < 1.29 is 83.2 Å². The molecule has 4 saturated carbocycles. The molecule has 0 aromatic carbocycles. The number of rotatable bonds is 10. The van der Waals surface area contributed by atoms with Crippen LogP contribution in [-0.2, 0) is 47.5 Å². The number of carbonyl (C=O) groups excluding carboxylic acids is 2. The molecular formula is C42H64O17. The Hall–Kier alpha value is -1.68. The highest BCUT2D eigenvalue weighted by molar-refractivity contribution is 5.93. The summed E-state index contributed by atoms with van der Waals surface area (Å²) in [6.07, 6.45) is -7.97. The maximum absolute atomic E-state index is 14.6. The molecule has 4 aliphatic heterocycles. The lowest BCUT2D eigenvalue weighted by Crippen LogP contribution is -2.64. The quantitative estimate of drug-likeness (QED) is 0.113. The van der Waals surface area contributed by atoms with Crippen LogP contribution in [0.15, 0.2) is 11.6 Å². The van der Waals surface area contributed by atoms with Crippen molar-refractivity contribution in [1.82, 2.24) is 0 Å². The molecule has 17 nitrogen and oxygen atoms in total. The zero-order valence-corrected chi connectivity index (χ0v) is 34.4. The van der Waals surface area contributed by atoms with Gasteiger partial charge in [0, 0.05) is 30.4 Å². The molecule has 17 heteroatoms. The van der Waals surface area contributed by atoms with E-state index >= 15 is 0 Å². The van der Waals surface area contributed by atoms with Gasteiger partial charge in [0.1, 0.15) is 67.3 Å². The molecule has 8 rings (SSSR count). The predicted molar refractivity (Wildman–Crippen MR) is 201 cm³/mol. The molecule has 3 saturated heterocycles. The molecule has 59 heavy (non-hydrogen) atoms. The number of esters is 1. The molecule has 21 atom stereocenters. The second-order valence-electron chi connectivity index (χ2n) is 19.1. The Bertz CT molecular complexity index is 1580. The number of ether oxygens (including phenoxy) is 8. The number of carbonyl (C=O) groups is 2. The second kappa shape index (κ2) is 16.8. The molecule has 2 bridgehead atoms. The van der Waals surface area contributed by atoms with Crippen LogP contribution in [0.25, 0.3) is 0 Å². The van der Waals surface area contributed by atoms with E-state index in [0.29, 0.717) is 30.6 Å². The van der Waals surface area contributed by atoms with Gasteiger partial charge in [0.15, 0.2) is 18.9 Å². The molecule has 0 unspecified atom stereocenters. The zero-order chi connectivity index (χ0) is 42.2. The molecule has 0 aromatic heterocycles. The highest BCUT2D eigenvalue weighted by Gasteiger charge is 2.68. The Morgan fingerprint density at radius 2 is 1.47 bits per heavy atom. The summed E-state index contributed by atoms with van der Waals surface area (Å²) < 4.78 is 47.2. The van der Waals surface area contributed by atoms with Gasteiger partial charge in [0.2, 0.25) is 0 Å². The molecule has 7 N–H and O–H groups in total. The minimum Gasteiger partial charge on any atom is -0.458 e. The van der Waals surface area contributed by atoms with Crippen LogP contribution in [0.5, 0.6) is 0 Å². The number of hydrogen-bond acceptors (Lipinski definition) is 17. The standard InChI is InChI=1S/C42H64O17/c1-19-36(59-38-35(50)33(48)31(46)26(58-38)18-54-37-34(49)32(47)30(45)25(16-43)57-37)24(52-4)15-29(55-19)56-22-6-9-40(2)21(14-22)5-11-42-12-7-23(20-13-28(44)53-17-20)41(3,39(42)51)10-8-27(40)42/h13,19,21-27,29-38,43,45-50H,5-12,14-18H2,1-4H3/t19-,21-,22+,23-,24-,25+,26+,27-,29+,30+,31+,32-,33-,34+,35+,36-,37+,38-,40+,41-,42-/m1/s1. The maximum Gasteiger partial charge on any atom is 0.331 e. The van der Waals surface area contributed by atoms with E-state index in [4.69, 9.17) is 37.9 Å². The molecule has 7 fully saturated rings. The van der Waals surface area contributed by atoms with Crippen LogP contribution in [0.4, 0.5) is 0 Å². The molecule has 0 aromatic rings. The molecule has 8 aliphatic rings. The third-order valence-electron chi connectivity index (χ3n) is 16.1. The number of methoxy groups -OCH3 is 1. The average Bonchev–Trinajstić information content (AvgIpc) is 3.64. The lowest BCUT2D eigenvalue weighted by atomic mass is 9.37. The highest BCUT2D eigenvalue weighted by atomic mass is 16.8. The summed E-state index contributed by atoms with van der Waals surface area (Å²) in [5.41, 5.74) is 0.201. The van der Waals surface area contributed by atoms with Gasteiger partial charge in [-0.3, -0.25) is 4.79 Å². The first-order valence-corrected chi connectivity index (χ1v) is 21.6. The lowest BCUT2D eigenvalue weighted by Gasteiger charge is -2.66. The Morgan fingerprint density at radius 1 is 0.780 bits per heavy atom. The Kier molecular flexibility index (Phi) is 12.5. The molecule has 4 heterocycles. The summed E-state index contributed by atoms with van der Waals surface area (Å²) in [5.74, 6) is 0.866. The molecule has 0 amide bonds. The first kappa shape index (κ1) is 43.9. The van der Waals surface area contributed by atoms with E-state index in [1.54, 1.807) is 13.0 Å². The van der Waals surface area contributed by atoms with Crippen LogP contribution in [0, 0.1) is 34.0 Å². The van der Waals surface area contributed by atoms with Crippen LogP contribution in [-0.4, -0.2) is 167 Å². The van der Waals surface area contributed by atoms with Crippen molar-refractivity contribution in [3.05, 3.63) is 11.6 Å². The van der Waals surface area contributed by atoms with Gasteiger partial charge in [-0.1, -0.05) is 13.8 Å². The van der Waals surface area contributed by atoms with Crippen molar-refractivity contribution >= 4 is 11.8 Å². The van der Waals surface area contributed by atoms with Gasteiger partial charge < -0.3 is 73.6 Å². The number of fused-ring (bicyclic) bond motifs is 3. The lowest BCUT2D eigenvalue weighted by molar-refractivity contribution is -0.355. The van der Waals surface area contributed by atoms with Gasteiger partial charge in [-0.25, -0.2) is 4.79 Å². The van der Waals surface area contributed by atoms with E-state index in [1.165, 1.54) is 7.11 Å². The van der Waals surface area contributed by atoms with E-state index in [2.05, 4.69) is 13.8 Å². The van der Waals surface area contributed by atoms with E-state index in [-0.39, 0.29) is 28.8 Å². The third-order valence-corrected chi connectivity index (χ3v) is 16.1. The summed E-state index contributed by atoms with van der Waals surface area (Å²) in [7, 11) is 1.54. The zero-order valence-electron chi connectivity index (χ0n) is 34.4. The second-order valence-corrected chi connectivity index (χ2v) is 19.1. The van der Waals surface area contributed by atoms with Crippen molar-refractivity contribution in [3.63, 3.8) is 0 Å². The van der Waals surface area contributed by atoms with Crippen molar-refractivity contribution in [2.24, 2.45) is 34.0 Å². The first-order valence-electron chi connectivity index (χ1n) is 21.6. The minimum atomic E-state index is -1.71. The number of ketones is 1. The number of aliphatic hydroxyl groups excluding tert-OH is 7. The smallest absolute Gasteiger partial charge is 0.331 e. The van der Waals surface area contributed by atoms with E-state index < -0.39 is 105 Å². The SMILES string of the molecule is CO[C@@H]1C[C@H](O[C@H]2CC[C@@]3(C)[C@H](CC[C@@]45CC[C@H](C6=CC(=O)OC6)[C@@](C)(CC[C@@H]43)C5=O)C2)O[C@H](C)[C@H]1O[C@H]1O[C@@H](CO[C@H]2O[C@@H](CO)[C@H](O)[C@@H](O)[C@@H]2O)[C@H](O)[C@@H](O)[C@@H]1O. The summed E-state index contributed by atoms with van der Waals surface area (Å²) in [6, 6.07) is 0. The Balaban J connectivity index is 0.863. The number of hydrogen-bond donors (Lipinski definition) is 7. The van der Waals surface area contributed by atoms with E-state index in [0.717, 1.165) is 63.4 Å². The average molecular weight is 841 g/mol. The van der Waals surface area contributed by atoms with Gasteiger partial charge in [0.25, 0.3) is 0 Å². The summed E-state index contributed by atoms with van der Waals surface area (Å²) >= 11 is 0. The van der Waals surface area contributed by atoms with Crippen molar-refractivity contribution in [2.45, 2.75) is 177 Å². The number of cyclic esters (lactones) is 1. The van der Waals surface area contributed by atoms with Crippen LogP contribution in [0.3, 0.4) is 0 Å². The first-order chi connectivity index (χ1) is 28.0. The fraction of sp³-hybridized carbons (Fsp3) is 0.905. The van der Waals surface area contributed by atoms with Crippen LogP contribution in [0.2, 0.25) is 0 Å². The highest BCUT2D eigenvalue weighted by Crippen LogP contribution is 2.70. The van der Waals surface area contributed by atoms with Gasteiger partial charge in [-0.15, -0.1) is 0 Å². The van der Waals surface area contributed by atoms with Crippen molar-refractivity contribution in [3.8, 4) is 0 Å². The fourth-order valence-corrected chi connectivity index (χ4v) is 12.7. The van der Waals surface area contributed by atoms with Gasteiger partial charge in [0.05, 0.1) is 31.5 Å². The predicted octanol–water partition coefficient (Wildman–Crippen LogP) is -0.00400. The van der Waals surface area contributed by atoms with Crippen molar-refractivity contribution in [1.29, 1.82) is 0 Å². The number of Topliss-reactive ketones (excluding diaryl/α,β-unsaturated/α-hetero) is 1. The molecule has 0 radical (unpaired) electrons. The largest absolute Gasteiger partial charge is 0.458 e. The van der Waals surface area contributed by atoms with Crippen molar-refractivity contribution in [2.75, 3.05) is 26.9 Å². The van der Waals surface area contributed by atoms with Crippen LogP contribution >= 0.6 is 0 Å². The minimum absolute atomic E-state index is 0.0130. The van der Waals surface area contributed by atoms with Gasteiger partial charge >= 0.3 is 5.97 Å². The topological polar surface area (TPSA) is 250 Å². The summed E-state index contributed by atoms with van der Waals surface area (Å²) in [6.45, 7) is 5.49. The fourth-order valence-electron chi connectivity index (χ4n) is 12.7. The summed E-state index contributed by atoms with van der Waals surface area (Å²) in [5, 5.41) is 72.4. The molecule has 1 spiro atoms. The van der Waals surface area contributed by atoms with Crippen LogP contribution < -0.4 is 0 Å². The Morgan fingerprint density at radius 3 is 2.17 bits per heavy atom. The maximum atomic E-state index is 14.6. The monoisotopic (exact) mass is 840 g/mol. The molecule has 334 valence electrons. The van der Waals surface area contributed by atoms with Gasteiger partial charge in [-0.2, -0.15) is 0 Å². The van der Waals surface area contributed by atoms with E-state index in [9.17, 15) is 45.3 Å². The van der Waals surface area contributed by atoms with E-state index in [1.807, 2.05) is 0 Å². The normalized spacial score (nSPS) is 52.6. The summed E-state index contributed by atoms with van der Waals surface area (Å²) in [4.78, 5) is 26.6. The van der Waals surface area contributed by atoms with Gasteiger partial charge in [-0.05, 0) is 93.5 Å². The number of aliphatic hydroxyl groups is 7. The molecule has 4 aliphatic carbocycles.